The van der Waals surface area contributed by atoms with Crippen LogP contribution in [-0.4, -0.2) is 19.3 Å². The molecule has 0 radical (unpaired) electrons. The van der Waals surface area contributed by atoms with Gasteiger partial charge in [0, 0.05) is 9.50 Å². The molecule has 0 N–H and O–H groups in total. The standard InChI is InChI=1S/C18H11BrClFN4O/c19-12-2-5-14(6-3-12)25-17-15(8-23-25)18(26)24(10-22-17)9-11-1-4-13(21)7-16(11)20/h1-8,10H,9H2. The molecule has 5 nitrogen and oxygen atoms in total. The smallest absolute Gasteiger partial charge is 0.264 e. The van der Waals surface area contributed by atoms with E-state index in [1.165, 1.54) is 29.2 Å². The second-order valence-corrected chi connectivity index (χ2v) is 7.01. The van der Waals surface area contributed by atoms with Crippen molar-refractivity contribution in [3.05, 3.63) is 86.2 Å². The van der Waals surface area contributed by atoms with Gasteiger partial charge in [0.15, 0.2) is 5.65 Å². The van der Waals surface area contributed by atoms with Gasteiger partial charge >= 0.3 is 0 Å². The number of aromatic nitrogens is 4. The molecular formula is C18H11BrClFN4O. The fraction of sp³-hybridized carbons (Fsp3) is 0.0556. The third-order valence-electron chi connectivity index (χ3n) is 3.98. The summed E-state index contributed by atoms with van der Waals surface area (Å²) in [6, 6.07) is 11.6. The minimum Gasteiger partial charge on any atom is -0.294 e. The average molecular weight is 434 g/mol. The van der Waals surface area contributed by atoms with Crippen LogP contribution in [0.3, 0.4) is 0 Å². The van der Waals surface area contributed by atoms with Crippen LogP contribution in [-0.2, 0) is 6.54 Å². The Bertz CT molecular complexity index is 1170. The van der Waals surface area contributed by atoms with Gasteiger partial charge in [-0.15, -0.1) is 0 Å². The molecule has 0 aliphatic carbocycles. The van der Waals surface area contributed by atoms with Crippen molar-refractivity contribution >= 4 is 38.6 Å². The lowest BCUT2D eigenvalue weighted by Crippen LogP contribution is -2.21. The summed E-state index contributed by atoms with van der Waals surface area (Å²) in [5, 5.41) is 4.95. The number of halogens is 3. The van der Waals surface area contributed by atoms with Gasteiger partial charge in [0.1, 0.15) is 17.5 Å². The van der Waals surface area contributed by atoms with Crippen LogP contribution in [0.5, 0.6) is 0 Å². The third kappa shape index (κ3) is 3.04. The van der Waals surface area contributed by atoms with Crippen LogP contribution in [0.1, 0.15) is 5.56 Å². The highest BCUT2D eigenvalue weighted by atomic mass is 79.9. The molecule has 2 aromatic heterocycles. The first-order valence-corrected chi connectivity index (χ1v) is 8.83. The Balaban J connectivity index is 1.76. The number of benzene rings is 2. The van der Waals surface area contributed by atoms with Gasteiger partial charge in [-0.2, -0.15) is 5.10 Å². The first-order chi connectivity index (χ1) is 12.5. The van der Waals surface area contributed by atoms with Crippen molar-refractivity contribution in [2.45, 2.75) is 6.54 Å². The van der Waals surface area contributed by atoms with Crippen molar-refractivity contribution in [1.29, 1.82) is 0 Å². The minimum atomic E-state index is -0.421. The van der Waals surface area contributed by atoms with E-state index in [1.807, 2.05) is 24.3 Å². The molecule has 2 heterocycles. The summed E-state index contributed by atoms with van der Waals surface area (Å²) in [6.07, 6.45) is 2.94. The third-order valence-corrected chi connectivity index (χ3v) is 4.86. The zero-order valence-electron chi connectivity index (χ0n) is 13.2. The summed E-state index contributed by atoms with van der Waals surface area (Å²) in [6.45, 7) is 0.199. The van der Waals surface area contributed by atoms with E-state index in [0.717, 1.165) is 10.2 Å². The highest BCUT2D eigenvalue weighted by molar-refractivity contribution is 9.10. The Kier molecular flexibility index (Phi) is 4.34. The van der Waals surface area contributed by atoms with Crippen molar-refractivity contribution in [2.75, 3.05) is 0 Å². The quantitative estimate of drug-likeness (QED) is 0.487. The first-order valence-electron chi connectivity index (χ1n) is 7.66. The molecule has 4 rings (SSSR count). The van der Waals surface area contributed by atoms with Crippen molar-refractivity contribution in [3.63, 3.8) is 0 Å². The van der Waals surface area contributed by atoms with Gasteiger partial charge < -0.3 is 0 Å². The van der Waals surface area contributed by atoms with Gasteiger partial charge in [0.05, 0.1) is 18.4 Å². The fourth-order valence-corrected chi connectivity index (χ4v) is 3.16. The molecule has 0 spiro atoms. The Hall–Kier alpha value is -2.51. The molecule has 0 bridgehead atoms. The van der Waals surface area contributed by atoms with Gasteiger partial charge in [-0.1, -0.05) is 33.6 Å². The molecule has 2 aromatic carbocycles. The molecule has 0 aliphatic heterocycles. The second kappa shape index (κ2) is 6.66. The van der Waals surface area contributed by atoms with Crippen LogP contribution in [0.2, 0.25) is 5.02 Å². The summed E-state index contributed by atoms with van der Waals surface area (Å²) in [5.74, 6) is -0.421. The number of hydrogen-bond acceptors (Lipinski definition) is 3. The summed E-state index contributed by atoms with van der Waals surface area (Å²) in [5.41, 5.74) is 1.67. The highest BCUT2D eigenvalue weighted by Gasteiger charge is 2.12. The van der Waals surface area contributed by atoms with E-state index in [2.05, 4.69) is 26.0 Å². The van der Waals surface area contributed by atoms with Crippen molar-refractivity contribution in [1.82, 2.24) is 19.3 Å². The molecule has 0 unspecified atom stereocenters. The minimum absolute atomic E-state index is 0.199. The maximum absolute atomic E-state index is 13.2. The van der Waals surface area contributed by atoms with Crippen LogP contribution in [0, 0.1) is 5.82 Å². The molecule has 0 amide bonds. The van der Waals surface area contributed by atoms with Crippen LogP contribution >= 0.6 is 27.5 Å². The highest BCUT2D eigenvalue weighted by Crippen LogP contribution is 2.19. The maximum Gasteiger partial charge on any atom is 0.264 e. The zero-order valence-corrected chi connectivity index (χ0v) is 15.6. The Labute approximate surface area is 160 Å². The molecule has 0 fully saturated rings. The van der Waals surface area contributed by atoms with E-state index in [-0.39, 0.29) is 17.1 Å². The second-order valence-electron chi connectivity index (χ2n) is 5.68. The largest absolute Gasteiger partial charge is 0.294 e. The van der Waals surface area contributed by atoms with Gasteiger partial charge in [0.25, 0.3) is 5.56 Å². The summed E-state index contributed by atoms with van der Waals surface area (Å²) >= 11 is 9.44. The molecular weight excluding hydrogens is 423 g/mol. The first kappa shape index (κ1) is 16.9. The van der Waals surface area contributed by atoms with Crippen molar-refractivity contribution in [3.8, 4) is 5.69 Å². The number of fused-ring (bicyclic) bond motifs is 1. The predicted octanol–water partition coefficient (Wildman–Crippen LogP) is 4.19. The maximum atomic E-state index is 13.2. The Morgan fingerprint density at radius 3 is 2.65 bits per heavy atom. The molecule has 4 aromatic rings. The van der Waals surface area contributed by atoms with E-state index in [4.69, 9.17) is 11.6 Å². The number of nitrogens with zero attached hydrogens (tertiary/aromatic N) is 4. The van der Waals surface area contributed by atoms with E-state index in [9.17, 15) is 9.18 Å². The fourth-order valence-electron chi connectivity index (χ4n) is 2.67. The van der Waals surface area contributed by atoms with Crippen LogP contribution in [0.4, 0.5) is 4.39 Å². The zero-order chi connectivity index (χ0) is 18.3. The van der Waals surface area contributed by atoms with E-state index < -0.39 is 5.82 Å². The van der Waals surface area contributed by atoms with Crippen molar-refractivity contribution in [2.24, 2.45) is 0 Å². The molecule has 0 saturated carbocycles. The molecule has 0 atom stereocenters. The predicted molar refractivity (Wildman–Crippen MR) is 101 cm³/mol. The lowest BCUT2D eigenvalue weighted by Gasteiger charge is -2.08. The molecule has 26 heavy (non-hydrogen) atoms. The van der Waals surface area contributed by atoms with Crippen LogP contribution < -0.4 is 5.56 Å². The lowest BCUT2D eigenvalue weighted by molar-refractivity contribution is 0.626. The topological polar surface area (TPSA) is 52.7 Å². The molecule has 8 heteroatoms. The van der Waals surface area contributed by atoms with E-state index in [1.54, 1.807) is 10.7 Å². The Morgan fingerprint density at radius 2 is 1.92 bits per heavy atom. The van der Waals surface area contributed by atoms with Gasteiger partial charge in [-0.25, -0.2) is 14.1 Å². The monoisotopic (exact) mass is 432 g/mol. The van der Waals surface area contributed by atoms with Gasteiger partial charge in [-0.05, 0) is 42.0 Å². The summed E-state index contributed by atoms with van der Waals surface area (Å²) < 4.78 is 17.2. The van der Waals surface area contributed by atoms with Gasteiger partial charge in [0.2, 0.25) is 0 Å². The van der Waals surface area contributed by atoms with Crippen LogP contribution in [0.15, 0.2) is 64.3 Å². The van der Waals surface area contributed by atoms with Crippen LogP contribution in [0.25, 0.3) is 16.7 Å². The molecule has 0 aliphatic rings. The summed E-state index contributed by atoms with van der Waals surface area (Å²) in [7, 11) is 0. The van der Waals surface area contributed by atoms with E-state index in [0.29, 0.717) is 16.6 Å². The SMILES string of the molecule is O=c1c2cnn(-c3ccc(Br)cc3)c2ncn1Cc1ccc(F)cc1Cl. The average Bonchev–Trinajstić information content (AvgIpc) is 3.05. The Morgan fingerprint density at radius 1 is 1.15 bits per heavy atom. The van der Waals surface area contributed by atoms with Crippen molar-refractivity contribution < 1.29 is 4.39 Å². The molecule has 130 valence electrons. The number of hydrogen-bond donors (Lipinski definition) is 0. The normalized spacial score (nSPS) is 11.2. The summed E-state index contributed by atoms with van der Waals surface area (Å²) in [4.78, 5) is 17.1. The molecule has 0 saturated heterocycles. The van der Waals surface area contributed by atoms with Gasteiger partial charge in [-0.3, -0.25) is 9.36 Å². The van der Waals surface area contributed by atoms with E-state index >= 15 is 0 Å². The lowest BCUT2D eigenvalue weighted by atomic mass is 10.2. The number of rotatable bonds is 3.